The topological polar surface area (TPSA) is 131 Å². The molecule has 94 valence electrons. The van der Waals surface area contributed by atoms with Crippen LogP contribution in [0.5, 0.6) is 0 Å². The fourth-order valence-corrected chi connectivity index (χ4v) is 1.13. The largest absolute Gasteiger partial charge is 0.347 e. The van der Waals surface area contributed by atoms with Crippen molar-refractivity contribution < 1.29 is 0 Å². The predicted molar refractivity (Wildman–Crippen MR) is 65.4 cm³/mol. The Bertz CT molecular complexity index is 468. The quantitative estimate of drug-likeness (QED) is 0.385. The van der Waals surface area contributed by atoms with Gasteiger partial charge in [0.15, 0.2) is 0 Å². The van der Waals surface area contributed by atoms with Gasteiger partial charge in [0, 0.05) is 14.1 Å². The Morgan fingerprint density at radius 2 is 1.67 bits per heavy atom. The Morgan fingerprint density at radius 1 is 1.11 bits per heavy atom. The van der Waals surface area contributed by atoms with Crippen LogP contribution in [0.25, 0.3) is 0 Å². The summed E-state index contributed by atoms with van der Waals surface area (Å²) < 4.78 is 0. The second-order valence-corrected chi connectivity index (χ2v) is 3.47. The highest BCUT2D eigenvalue weighted by molar-refractivity contribution is 5.45. The molecule has 0 aromatic carbocycles. The van der Waals surface area contributed by atoms with E-state index in [1.54, 1.807) is 19.0 Å². The van der Waals surface area contributed by atoms with Crippen molar-refractivity contribution in [3.8, 4) is 12.1 Å². The molecule has 0 fully saturated rings. The third-order valence-electron chi connectivity index (χ3n) is 1.95. The summed E-state index contributed by atoms with van der Waals surface area (Å²) in [6.07, 6.45) is 0. The summed E-state index contributed by atoms with van der Waals surface area (Å²) in [7, 11) is 3.52. The molecule has 9 nitrogen and oxygen atoms in total. The van der Waals surface area contributed by atoms with Gasteiger partial charge in [-0.25, -0.2) is 5.84 Å². The van der Waals surface area contributed by atoms with E-state index in [1.165, 1.54) is 4.90 Å². The van der Waals surface area contributed by atoms with Crippen LogP contribution in [-0.4, -0.2) is 42.1 Å². The summed E-state index contributed by atoms with van der Waals surface area (Å²) in [5.41, 5.74) is 2.32. The highest BCUT2D eigenvalue weighted by Gasteiger charge is 2.13. The number of nitrogens with one attached hydrogen (secondary N) is 1. The second-order valence-electron chi connectivity index (χ2n) is 3.47. The summed E-state index contributed by atoms with van der Waals surface area (Å²) in [6, 6.07) is 3.89. The van der Waals surface area contributed by atoms with E-state index in [0.717, 1.165) is 0 Å². The summed E-state index contributed by atoms with van der Waals surface area (Å²) in [5.74, 6) is 6.05. The highest BCUT2D eigenvalue weighted by Crippen LogP contribution is 2.14. The van der Waals surface area contributed by atoms with Gasteiger partial charge in [0.1, 0.15) is 13.1 Å². The maximum absolute atomic E-state index is 8.71. The van der Waals surface area contributed by atoms with Crippen molar-refractivity contribution in [1.29, 1.82) is 10.5 Å². The standard InChI is InChI=1S/C9H13N9/c1-17(2)8-13-7(16-12)14-9(15-8)18(5-3-10)6-4-11/h5-6,12H2,1-2H3,(H,13,14,15,16). The molecule has 0 saturated carbocycles. The lowest BCUT2D eigenvalue weighted by Gasteiger charge is -2.18. The monoisotopic (exact) mass is 247 g/mol. The minimum absolute atomic E-state index is 0.00839. The van der Waals surface area contributed by atoms with Gasteiger partial charge >= 0.3 is 0 Å². The van der Waals surface area contributed by atoms with Crippen molar-refractivity contribution in [3.05, 3.63) is 0 Å². The smallest absolute Gasteiger partial charge is 0.243 e. The molecule has 1 rings (SSSR count). The molecule has 0 spiro atoms. The van der Waals surface area contributed by atoms with Crippen LogP contribution in [-0.2, 0) is 0 Å². The van der Waals surface area contributed by atoms with Crippen molar-refractivity contribution in [2.24, 2.45) is 5.84 Å². The molecule has 0 atom stereocenters. The van der Waals surface area contributed by atoms with Crippen molar-refractivity contribution in [2.75, 3.05) is 42.4 Å². The molecular formula is C9H13N9. The van der Waals surface area contributed by atoms with Crippen molar-refractivity contribution in [1.82, 2.24) is 15.0 Å². The van der Waals surface area contributed by atoms with Gasteiger partial charge in [-0.1, -0.05) is 0 Å². The maximum atomic E-state index is 8.71. The molecule has 0 aliphatic heterocycles. The fraction of sp³-hybridized carbons (Fsp3) is 0.444. The number of hydrogen-bond acceptors (Lipinski definition) is 9. The molecule has 0 saturated heterocycles. The van der Waals surface area contributed by atoms with Gasteiger partial charge in [-0.15, -0.1) is 0 Å². The maximum Gasteiger partial charge on any atom is 0.243 e. The van der Waals surface area contributed by atoms with E-state index in [0.29, 0.717) is 5.95 Å². The second kappa shape index (κ2) is 6.18. The molecule has 3 N–H and O–H groups in total. The van der Waals surface area contributed by atoms with Crippen molar-refractivity contribution >= 4 is 17.8 Å². The van der Waals surface area contributed by atoms with Gasteiger partial charge < -0.3 is 9.80 Å². The molecule has 18 heavy (non-hydrogen) atoms. The van der Waals surface area contributed by atoms with Crippen LogP contribution in [0, 0.1) is 22.7 Å². The molecule has 0 aliphatic rings. The van der Waals surface area contributed by atoms with E-state index < -0.39 is 0 Å². The van der Waals surface area contributed by atoms with Crippen LogP contribution in [0.3, 0.4) is 0 Å². The first kappa shape index (κ1) is 13.4. The number of anilines is 3. The zero-order chi connectivity index (χ0) is 13.5. The number of nitriles is 2. The molecular weight excluding hydrogens is 234 g/mol. The first-order valence-corrected chi connectivity index (χ1v) is 5.01. The van der Waals surface area contributed by atoms with Crippen LogP contribution in [0.1, 0.15) is 0 Å². The average Bonchev–Trinajstić information content (AvgIpc) is 2.37. The van der Waals surface area contributed by atoms with Crippen molar-refractivity contribution in [3.63, 3.8) is 0 Å². The molecule has 0 amide bonds. The Morgan fingerprint density at radius 3 is 2.11 bits per heavy atom. The zero-order valence-corrected chi connectivity index (χ0v) is 10.1. The number of nitrogen functional groups attached to an aromatic ring is 1. The molecule has 0 bridgehead atoms. The van der Waals surface area contributed by atoms with E-state index in [-0.39, 0.29) is 25.0 Å². The van der Waals surface area contributed by atoms with Crippen LogP contribution < -0.4 is 21.1 Å². The summed E-state index contributed by atoms with van der Waals surface area (Å²) in [5, 5.41) is 17.4. The summed E-state index contributed by atoms with van der Waals surface area (Å²) >= 11 is 0. The number of nitrogens with two attached hydrogens (primary N) is 1. The SMILES string of the molecule is CN(C)c1nc(NN)nc(N(CC#N)CC#N)n1. The number of nitrogens with zero attached hydrogens (tertiary/aromatic N) is 7. The Kier molecular flexibility index (Phi) is 4.60. The minimum atomic E-state index is 0.00839. The van der Waals surface area contributed by atoms with E-state index >= 15 is 0 Å². The number of hydrogen-bond donors (Lipinski definition) is 2. The predicted octanol–water partition coefficient (Wildman–Crippen LogP) is -0.923. The van der Waals surface area contributed by atoms with Gasteiger partial charge in [-0.3, -0.25) is 5.43 Å². The fourth-order valence-electron chi connectivity index (χ4n) is 1.13. The Labute approximate surface area is 104 Å². The summed E-state index contributed by atoms with van der Waals surface area (Å²) in [6.45, 7) is 0.0168. The van der Waals surface area contributed by atoms with E-state index in [9.17, 15) is 0 Å². The van der Waals surface area contributed by atoms with Gasteiger partial charge in [-0.2, -0.15) is 25.5 Å². The minimum Gasteiger partial charge on any atom is -0.347 e. The Balaban J connectivity index is 3.17. The van der Waals surface area contributed by atoms with E-state index in [4.69, 9.17) is 16.4 Å². The van der Waals surface area contributed by atoms with Crippen LogP contribution in [0.4, 0.5) is 17.8 Å². The Hall–Kier alpha value is -2.65. The average molecular weight is 247 g/mol. The van der Waals surface area contributed by atoms with Gasteiger partial charge in [0.05, 0.1) is 12.1 Å². The van der Waals surface area contributed by atoms with E-state index in [2.05, 4.69) is 20.4 Å². The summed E-state index contributed by atoms with van der Waals surface area (Å²) in [4.78, 5) is 15.3. The molecule has 1 aromatic heterocycles. The number of aromatic nitrogens is 3. The third-order valence-corrected chi connectivity index (χ3v) is 1.95. The highest BCUT2D eigenvalue weighted by atomic mass is 15.4. The first-order valence-electron chi connectivity index (χ1n) is 5.01. The normalized spacial score (nSPS) is 9.17. The molecule has 0 aliphatic carbocycles. The van der Waals surface area contributed by atoms with Crippen molar-refractivity contribution in [2.45, 2.75) is 0 Å². The molecule has 0 unspecified atom stereocenters. The molecule has 9 heteroatoms. The lowest BCUT2D eigenvalue weighted by molar-refractivity contribution is 0.863. The van der Waals surface area contributed by atoms with Crippen LogP contribution in [0.2, 0.25) is 0 Å². The first-order chi connectivity index (χ1) is 8.62. The number of rotatable bonds is 5. The number of hydrazine groups is 1. The molecule has 1 heterocycles. The van der Waals surface area contributed by atoms with Crippen LogP contribution in [0.15, 0.2) is 0 Å². The van der Waals surface area contributed by atoms with Gasteiger partial charge in [0.2, 0.25) is 17.8 Å². The molecule has 1 aromatic rings. The van der Waals surface area contributed by atoms with E-state index in [1.807, 2.05) is 12.1 Å². The lowest BCUT2D eigenvalue weighted by atomic mass is 10.5. The third kappa shape index (κ3) is 3.17. The van der Waals surface area contributed by atoms with Gasteiger partial charge in [0.25, 0.3) is 0 Å². The lowest BCUT2D eigenvalue weighted by Crippen LogP contribution is -2.28. The van der Waals surface area contributed by atoms with Gasteiger partial charge in [-0.05, 0) is 0 Å². The van der Waals surface area contributed by atoms with Crippen LogP contribution >= 0.6 is 0 Å². The zero-order valence-electron chi connectivity index (χ0n) is 10.1. The molecule has 0 radical (unpaired) electrons.